The molecule has 1 aromatic rings. The van der Waals surface area contributed by atoms with Gasteiger partial charge in [0.05, 0.1) is 17.7 Å². The van der Waals surface area contributed by atoms with Gasteiger partial charge in [0, 0.05) is 0 Å². The molecule has 0 aromatic heterocycles. The van der Waals surface area contributed by atoms with Crippen molar-refractivity contribution < 1.29 is 22.7 Å². The Morgan fingerprint density at radius 3 is 2.41 bits per heavy atom. The number of benzene rings is 1. The van der Waals surface area contributed by atoms with Gasteiger partial charge < -0.3 is 10.5 Å². The fraction of sp³-hybridized carbons (Fsp3) is 0.364. The summed E-state index contributed by atoms with van der Waals surface area (Å²) < 4.78 is 42.9. The molecule has 0 aliphatic heterocycles. The standard InChI is InChI=1S/C11H12F3NO2/c1-3-17-9-4-6(2)8(11(12,13)14)5-7(9)10(15)16/h4-5H,3H2,1-2H3,(H2,15,16). The van der Waals surface area contributed by atoms with E-state index in [0.29, 0.717) is 0 Å². The number of aryl methyl sites for hydroxylation is 1. The van der Waals surface area contributed by atoms with Crippen LogP contribution in [0, 0.1) is 6.92 Å². The Kier molecular flexibility index (Phi) is 3.65. The summed E-state index contributed by atoms with van der Waals surface area (Å²) in [6.45, 7) is 3.21. The van der Waals surface area contributed by atoms with Crippen molar-refractivity contribution in [3.05, 3.63) is 28.8 Å². The fourth-order valence-corrected chi connectivity index (χ4v) is 1.45. The molecule has 17 heavy (non-hydrogen) atoms. The van der Waals surface area contributed by atoms with E-state index in [-0.39, 0.29) is 23.5 Å². The number of primary amides is 1. The Morgan fingerprint density at radius 1 is 1.41 bits per heavy atom. The molecule has 0 aliphatic rings. The molecule has 0 unspecified atom stereocenters. The van der Waals surface area contributed by atoms with Crippen LogP contribution in [-0.4, -0.2) is 12.5 Å². The average molecular weight is 247 g/mol. The summed E-state index contributed by atoms with van der Waals surface area (Å²) in [5, 5.41) is 0. The summed E-state index contributed by atoms with van der Waals surface area (Å²) in [6.07, 6.45) is -4.51. The van der Waals surface area contributed by atoms with Crippen LogP contribution in [0.3, 0.4) is 0 Å². The van der Waals surface area contributed by atoms with Gasteiger partial charge in [-0.2, -0.15) is 13.2 Å². The zero-order chi connectivity index (χ0) is 13.2. The first kappa shape index (κ1) is 13.3. The predicted octanol–water partition coefficient (Wildman–Crippen LogP) is 2.51. The Hall–Kier alpha value is -1.72. The van der Waals surface area contributed by atoms with Crippen molar-refractivity contribution in [3.63, 3.8) is 0 Å². The van der Waals surface area contributed by atoms with Gasteiger partial charge >= 0.3 is 6.18 Å². The van der Waals surface area contributed by atoms with Crippen LogP contribution < -0.4 is 10.5 Å². The average Bonchev–Trinajstić information content (AvgIpc) is 2.15. The number of rotatable bonds is 3. The monoisotopic (exact) mass is 247 g/mol. The van der Waals surface area contributed by atoms with Crippen LogP contribution >= 0.6 is 0 Å². The van der Waals surface area contributed by atoms with E-state index in [0.717, 1.165) is 6.07 Å². The third kappa shape index (κ3) is 2.89. The van der Waals surface area contributed by atoms with Gasteiger partial charge in [-0.3, -0.25) is 4.79 Å². The minimum atomic E-state index is -4.51. The number of halogens is 3. The van der Waals surface area contributed by atoms with Gasteiger partial charge in [0.2, 0.25) is 0 Å². The first-order chi connectivity index (χ1) is 7.77. The second-order valence-corrected chi connectivity index (χ2v) is 3.46. The summed E-state index contributed by atoms with van der Waals surface area (Å²) >= 11 is 0. The van der Waals surface area contributed by atoms with Gasteiger partial charge in [0.15, 0.2) is 0 Å². The van der Waals surface area contributed by atoms with E-state index in [1.807, 2.05) is 0 Å². The Balaban J connectivity index is 3.40. The van der Waals surface area contributed by atoms with E-state index in [9.17, 15) is 18.0 Å². The maximum absolute atomic E-state index is 12.6. The van der Waals surface area contributed by atoms with Gasteiger partial charge in [0.1, 0.15) is 5.75 Å². The molecule has 1 aromatic carbocycles. The molecule has 0 atom stereocenters. The normalized spacial score (nSPS) is 11.4. The van der Waals surface area contributed by atoms with E-state index in [1.54, 1.807) is 6.92 Å². The van der Waals surface area contributed by atoms with Crippen molar-refractivity contribution >= 4 is 5.91 Å². The molecule has 0 spiro atoms. The number of alkyl halides is 3. The van der Waals surface area contributed by atoms with E-state index in [1.165, 1.54) is 13.0 Å². The largest absolute Gasteiger partial charge is 0.493 e. The molecule has 1 amide bonds. The smallest absolute Gasteiger partial charge is 0.416 e. The van der Waals surface area contributed by atoms with Crippen molar-refractivity contribution in [2.75, 3.05) is 6.61 Å². The first-order valence-corrected chi connectivity index (χ1v) is 4.91. The third-order valence-corrected chi connectivity index (χ3v) is 2.20. The molecule has 2 N–H and O–H groups in total. The number of carbonyl (C=O) groups is 1. The van der Waals surface area contributed by atoms with Gasteiger partial charge in [-0.1, -0.05) is 0 Å². The van der Waals surface area contributed by atoms with Crippen LogP contribution in [-0.2, 0) is 6.18 Å². The van der Waals surface area contributed by atoms with Crippen molar-refractivity contribution in [1.29, 1.82) is 0 Å². The number of ether oxygens (including phenoxy) is 1. The van der Waals surface area contributed by atoms with E-state index < -0.39 is 17.6 Å². The molecular weight excluding hydrogens is 235 g/mol. The molecule has 3 nitrogen and oxygen atoms in total. The van der Waals surface area contributed by atoms with Crippen molar-refractivity contribution in [2.45, 2.75) is 20.0 Å². The van der Waals surface area contributed by atoms with Crippen LogP contribution in [0.25, 0.3) is 0 Å². The van der Waals surface area contributed by atoms with Gasteiger partial charge in [0.25, 0.3) is 5.91 Å². The van der Waals surface area contributed by atoms with E-state index in [2.05, 4.69) is 0 Å². The molecule has 0 fully saturated rings. The predicted molar refractivity (Wildman–Crippen MR) is 55.9 cm³/mol. The maximum atomic E-state index is 12.6. The summed E-state index contributed by atoms with van der Waals surface area (Å²) in [5.41, 5.74) is 3.87. The second-order valence-electron chi connectivity index (χ2n) is 3.46. The number of nitrogens with two attached hydrogens (primary N) is 1. The first-order valence-electron chi connectivity index (χ1n) is 4.91. The zero-order valence-electron chi connectivity index (χ0n) is 9.39. The van der Waals surface area contributed by atoms with Crippen LogP contribution in [0.5, 0.6) is 5.75 Å². The highest BCUT2D eigenvalue weighted by atomic mass is 19.4. The highest BCUT2D eigenvalue weighted by Crippen LogP contribution is 2.35. The molecule has 6 heteroatoms. The summed E-state index contributed by atoms with van der Waals surface area (Å²) in [6, 6.07) is 1.90. The number of hydrogen-bond donors (Lipinski definition) is 1. The Bertz CT molecular complexity index is 441. The molecule has 1 rings (SSSR count). The van der Waals surface area contributed by atoms with Gasteiger partial charge in [-0.25, -0.2) is 0 Å². The summed E-state index contributed by atoms with van der Waals surface area (Å²) in [7, 11) is 0. The van der Waals surface area contributed by atoms with Crippen LogP contribution in [0.1, 0.15) is 28.4 Å². The molecule has 0 radical (unpaired) electrons. The molecule has 0 aliphatic carbocycles. The lowest BCUT2D eigenvalue weighted by molar-refractivity contribution is -0.138. The van der Waals surface area contributed by atoms with Crippen molar-refractivity contribution in [1.82, 2.24) is 0 Å². The van der Waals surface area contributed by atoms with Crippen LogP contribution in [0.4, 0.5) is 13.2 Å². The van der Waals surface area contributed by atoms with Crippen LogP contribution in [0.2, 0.25) is 0 Å². The minimum Gasteiger partial charge on any atom is -0.493 e. The molecule has 0 saturated carbocycles. The lowest BCUT2D eigenvalue weighted by Gasteiger charge is -2.14. The van der Waals surface area contributed by atoms with Crippen molar-refractivity contribution in [2.24, 2.45) is 5.73 Å². The van der Waals surface area contributed by atoms with Gasteiger partial charge in [-0.05, 0) is 31.5 Å². The van der Waals surface area contributed by atoms with E-state index >= 15 is 0 Å². The fourth-order valence-electron chi connectivity index (χ4n) is 1.45. The van der Waals surface area contributed by atoms with Crippen molar-refractivity contribution in [3.8, 4) is 5.75 Å². The third-order valence-electron chi connectivity index (χ3n) is 2.20. The summed E-state index contributed by atoms with van der Waals surface area (Å²) in [5.74, 6) is -0.871. The lowest BCUT2D eigenvalue weighted by atomic mass is 10.0. The number of carbonyl (C=O) groups excluding carboxylic acids is 1. The number of amides is 1. The molecule has 0 bridgehead atoms. The Labute approximate surface area is 96.4 Å². The minimum absolute atomic E-state index is 0.00838. The molecule has 0 saturated heterocycles. The molecule has 94 valence electrons. The summed E-state index contributed by atoms with van der Waals surface area (Å²) in [4.78, 5) is 11.1. The lowest BCUT2D eigenvalue weighted by Crippen LogP contribution is -2.16. The highest BCUT2D eigenvalue weighted by Gasteiger charge is 2.33. The SMILES string of the molecule is CCOc1cc(C)c(C(F)(F)F)cc1C(N)=O. The molecule has 0 heterocycles. The van der Waals surface area contributed by atoms with Gasteiger partial charge in [-0.15, -0.1) is 0 Å². The quantitative estimate of drug-likeness (QED) is 0.892. The Morgan fingerprint density at radius 2 is 2.00 bits per heavy atom. The topological polar surface area (TPSA) is 52.3 Å². The second kappa shape index (κ2) is 4.65. The highest BCUT2D eigenvalue weighted by molar-refractivity contribution is 5.96. The van der Waals surface area contributed by atoms with E-state index in [4.69, 9.17) is 10.5 Å². The zero-order valence-corrected chi connectivity index (χ0v) is 9.39. The number of hydrogen-bond acceptors (Lipinski definition) is 2. The maximum Gasteiger partial charge on any atom is 0.416 e. The van der Waals surface area contributed by atoms with Crippen LogP contribution in [0.15, 0.2) is 12.1 Å². The molecular formula is C11H12F3NO2.